The number of fused-ring (bicyclic) bond motifs is 3. The Bertz CT molecular complexity index is 840. The number of aromatic nitrogens is 2. The molecule has 0 radical (unpaired) electrons. The van der Waals surface area contributed by atoms with Crippen LogP contribution in [0.3, 0.4) is 0 Å². The summed E-state index contributed by atoms with van der Waals surface area (Å²) in [5.74, 6) is 1.87. The number of carbonyl (C=O) groups is 1. The van der Waals surface area contributed by atoms with Gasteiger partial charge in [0.1, 0.15) is 0 Å². The molecule has 1 aromatic carbocycles. The van der Waals surface area contributed by atoms with Crippen molar-refractivity contribution in [3.05, 3.63) is 52.5 Å². The van der Waals surface area contributed by atoms with Crippen LogP contribution in [0.1, 0.15) is 18.5 Å². The average molecular weight is 309 g/mol. The number of amides is 1. The van der Waals surface area contributed by atoms with E-state index in [9.17, 15) is 9.59 Å². The highest BCUT2D eigenvalue weighted by Gasteiger charge is 2.35. The third-order valence-corrected chi connectivity index (χ3v) is 5.08. The van der Waals surface area contributed by atoms with E-state index < -0.39 is 0 Å². The van der Waals surface area contributed by atoms with Crippen LogP contribution in [0, 0.1) is 17.8 Å². The van der Waals surface area contributed by atoms with Gasteiger partial charge in [0.2, 0.25) is 5.91 Å². The maximum Gasteiger partial charge on any atom is 0.272 e. The number of rotatable bonds is 4. The third kappa shape index (κ3) is 2.67. The lowest BCUT2D eigenvalue weighted by Gasteiger charge is -2.18. The van der Waals surface area contributed by atoms with Crippen molar-refractivity contribution in [2.45, 2.75) is 19.3 Å². The van der Waals surface area contributed by atoms with Crippen molar-refractivity contribution in [1.82, 2.24) is 15.5 Å². The second kappa shape index (κ2) is 5.65. The van der Waals surface area contributed by atoms with Crippen LogP contribution in [-0.2, 0) is 11.2 Å². The smallest absolute Gasteiger partial charge is 0.272 e. The molecule has 1 aromatic heterocycles. The summed E-state index contributed by atoms with van der Waals surface area (Å²) in [6.07, 6.45) is 7.21. The molecule has 23 heavy (non-hydrogen) atoms. The normalized spacial score (nSPS) is 25.1. The van der Waals surface area contributed by atoms with E-state index in [4.69, 9.17) is 0 Å². The number of allylic oxidation sites excluding steroid dienone is 2. The summed E-state index contributed by atoms with van der Waals surface area (Å²) in [6, 6.07) is 7.25. The summed E-state index contributed by atoms with van der Waals surface area (Å²) < 4.78 is 0. The Balaban J connectivity index is 1.44. The van der Waals surface area contributed by atoms with Crippen molar-refractivity contribution < 1.29 is 4.79 Å². The minimum absolute atomic E-state index is 0.0403. The van der Waals surface area contributed by atoms with Gasteiger partial charge in [0.05, 0.1) is 17.5 Å². The van der Waals surface area contributed by atoms with Gasteiger partial charge in [-0.15, -0.1) is 0 Å². The molecule has 1 saturated carbocycles. The second-order valence-electron chi connectivity index (χ2n) is 6.57. The van der Waals surface area contributed by atoms with E-state index >= 15 is 0 Å². The molecule has 0 saturated heterocycles. The van der Waals surface area contributed by atoms with Crippen LogP contribution in [0.4, 0.5) is 0 Å². The Kier molecular flexibility index (Phi) is 3.48. The van der Waals surface area contributed by atoms with E-state index in [-0.39, 0.29) is 17.9 Å². The molecule has 2 aliphatic rings. The maximum absolute atomic E-state index is 12.2. The van der Waals surface area contributed by atoms with Gasteiger partial charge in [-0.3, -0.25) is 9.59 Å². The zero-order chi connectivity index (χ0) is 15.8. The molecule has 2 N–H and O–H groups in total. The van der Waals surface area contributed by atoms with Gasteiger partial charge in [0, 0.05) is 11.9 Å². The van der Waals surface area contributed by atoms with Crippen molar-refractivity contribution in [2.75, 3.05) is 6.54 Å². The van der Waals surface area contributed by atoms with Crippen LogP contribution in [-0.4, -0.2) is 22.6 Å². The Morgan fingerprint density at radius 3 is 2.78 bits per heavy atom. The summed E-state index contributed by atoms with van der Waals surface area (Å²) in [6.45, 7) is 0.728. The molecule has 118 valence electrons. The lowest BCUT2D eigenvalue weighted by atomic mass is 9.93. The minimum atomic E-state index is -0.224. The number of carbonyl (C=O) groups excluding carboxylic acids is 1. The van der Waals surface area contributed by atoms with Crippen LogP contribution in [0.15, 0.2) is 41.2 Å². The molecular formula is C18H19N3O2. The molecule has 0 aliphatic heterocycles. The predicted octanol–water partition coefficient (Wildman–Crippen LogP) is 1.79. The Hall–Kier alpha value is -2.43. The van der Waals surface area contributed by atoms with Gasteiger partial charge in [-0.25, -0.2) is 5.10 Å². The largest absolute Gasteiger partial charge is 0.355 e. The molecule has 2 aromatic rings. The lowest BCUT2D eigenvalue weighted by molar-refractivity contribution is -0.120. The molecule has 1 heterocycles. The Labute approximate surface area is 133 Å². The van der Waals surface area contributed by atoms with E-state index in [1.54, 1.807) is 6.07 Å². The summed E-state index contributed by atoms with van der Waals surface area (Å²) in [4.78, 5) is 24.0. The molecule has 4 rings (SSSR count). The molecule has 2 bridgehead atoms. The molecule has 5 nitrogen and oxygen atoms in total. The summed E-state index contributed by atoms with van der Waals surface area (Å²) in [5.41, 5.74) is 0.393. The topological polar surface area (TPSA) is 74.8 Å². The van der Waals surface area contributed by atoms with Gasteiger partial charge >= 0.3 is 0 Å². The number of hydrogen-bond acceptors (Lipinski definition) is 3. The average Bonchev–Trinajstić information content (AvgIpc) is 3.19. The van der Waals surface area contributed by atoms with E-state index in [0.29, 0.717) is 28.8 Å². The van der Waals surface area contributed by atoms with Crippen molar-refractivity contribution in [3.63, 3.8) is 0 Å². The number of H-pyrrole nitrogens is 1. The SMILES string of the molecule is O=C(Cc1n[nH]c(=O)c2ccccc12)NC[C@H]1C[C@@H]2C=C[C@H]1C2. The quantitative estimate of drug-likeness (QED) is 0.846. The molecular weight excluding hydrogens is 290 g/mol. The van der Waals surface area contributed by atoms with Crippen molar-refractivity contribution >= 4 is 16.7 Å². The highest BCUT2D eigenvalue weighted by molar-refractivity contribution is 5.88. The van der Waals surface area contributed by atoms with Gasteiger partial charge in [-0.2, -0.15) is 5.10 Å². The fourth-order valence-electron chi connectivity index (χ4n) is 3.90. The van der Waals surface area contributed by atoms with Gasteiger partial charge in [0.25, 0.3) is 5.56 Å². The predicted molar refractivity (Wildman–Crippen MR) is 87.9 cm³/mol. The van der Waals surface area contributed by atoms with E-state index in [1.165, 1.54) is 12.8 Å². The van der Waals surface area contributed by atoms with Crippen LogP contribution >= 0.6 is 0 Å². The van der Waals surface area contributed by atoms with Gasteiger partial charge in [-0.1, -0.05) is 30.4 Å². The van der Waals surface area contributed by atoms with E-state index in [1.807, 2.05) is 18.2 Å². The highest BCUT2D eigenvalue weighted by atomic mass is 16.1. The number of hydrogen-bond donors (Lipinski definition) is 2. The third-order valence-electron chi connectivity index (χ3n) is 5.08. The first-order valence-corrected chi connectivity index (χ1v) is 8.12. The van der Waals surface area contributed by atoms with Crippen molar-refractivity contribution in [3.8, 4) is 0 Å². The molecule has 0 unspecified atom stereocenters. The summed E-state index contributed by atoms with van der Waals surface area (Å²) in [5, 5.41) is 10.9. The fourth-order valence-corrected chi connectivity index (χ4v) is 3.90. The van der Waals surface area contributed by atoms with Crippen LogP contribution in [0.25, 0.3) is 10.8 Å². The summed E-state index contributed by atoms with van der Waals surface area (Å²) >= 11 is 0. The molecule has 1 amide bonds. The Morgan fingerprint density at radius 1 is 1.22 bits per heavy atom. The molecule has 2 aliphatic carbocycles. The molecule has 3 atom stereocenters. The van der Waals surface area contributed by atoms with E-state index in [0.717, 1.165) is 11.9 Å². The first-order valence-electron chi connectivity index (χ1n) is 8.12. The van der Waals surface area contributed by atoms with Gasteiger partial charge in [0.15, 0.2) is 0 Å². The van der Waals surface area contributed by atoms with Crippen LogP contribution in [0.5, 0.6) is 0 Å². The first-order chi connectivity index (χ1) is 11.2. The van der Waals surface area contributed by atoms with Crippen LogP contribution in [0.2, 0.25) is 0 Å². The monoisotopic (exact) mass is 309 g/mol. The lowest BCUT2D eigenvalue weighted by Crippen LogP contribution is -2.32. The second-order valence-corrected chi connectivity index (χ2v) is 6.57. The maximum atomic E-state index is 12.2. The first kappa shape index (κ1) is 14.2. The minimum Gasteiger partial charge on any atom is -0.355 e. The zero-order valence-corrected chi connectivity index (χ0v) is 12.8. The number of nitrogens with zero attached hydrogens (tertiary/aromatic N) is 1. The zero-order valence-electron chi connectivity index (χ0n) is 12.8. The van der Waals surface area contributed by atoms with E-state index in [2.05, 4.69) is 27.7 Å². The molecule has 5 heteroatoms. The molecule has 0 spiro atoms. The number of aromatic amines is 1. The van der Waals surface area contributed by atoms with Gasteiger partial charge < -0.3 is 5.32 Å². The fraction of sp³-hybridized carbons (Fsp3) is 0.389. The Morgan fingerprint density at radius 2 is 2.04 bits per heavy atom. The number of benzene rings is 1. The summed E-state index contributed by atoms with van der Waals surface area (Å²) in [7, 11) is 0. The molecule has 1 fully saturated rings. The highest BCUT2D eigenvalue weighted by Crippen LogP contribution is 2.42. The standard InChI is InChI=1S/C18H19N3O2/c22-17(19-10-13-8-11-5-6-12(13)7-11)9-16-14-3-1-2-4-15(14)18(23)21-20-16/h1-6,11-13H,7-10H2,(H,19,22)(H,21,23)/t11-,12+,13-/m1/s1. The van der Waals surface area contributed by atoms with Crippen molar-refractivity contribution in [2.24, 2.45) is 17.8 Å². The van der Waals surface area contributed by atoms with Crippen LogP contribution < -0.4 is 10.9 Å². The van der Waals surface area contributed by atoms with Gasteiger partial charge in [-0.05, 0) is 36.7 Å². The number of nitrogens with one attached hydrogen (secondary N) is 2. The van der Waals surface area contributed by atoms with Crippen molar-refractivity contribution in [1.29, 1.82) is 0 Å².